The second-order valence-electron chi connectivity index (χ2n) is 6.31. The third kappa shape index (κ3) is 2.04. The summed E-state index contributed by atoms with van der Waals surface area (Å²) in [6.45, 7) is 13.7. The summed E-state index contributed by atoms with van der Waals surface area (Å²) in [4.78, 5) is 2.75. The van der Waals surface area contributed by atoms with Crippen molar-refractivity contribution < 1.29 is 0 Å². The van der Waals surface area contributed by atoms with E-state index in [0.717, 1.165) is 17.9 Å². The molecule has 2 aliphatic heterocycles. The van der Waals surface area contributed by atoms with Crippen LogP contribution in [0.2, 0.25) is 19.6 Å². The molecule has 0 aliphatic carbocycles. The lowest BCUT2D eigenvalue weighted by molar-refractivity contribution is 0.272. The summed E-state index contributed by atoms with van der Waals surface area (Å²) in [6.07, 6.45) is 1.39. The minimum Gasteiger partial charge on any atom is -0.316 e. The van der Waals surface area contributed by atoms with Crippen molar-refractivity contribution in [1.82, 2.24) is 10.2 Å². The fraction of sp³-hybridized carbons (Fsp3) is 1.00. The molecular formula is C11H24N2Si. The Hall–Kier alpha value is 0.137. The second-order valence-corrected chi connectivity index (χ2v) is 11.8. The molecule has 0 aromatic heterocycles. The summed E-state index contributed by atoms with van der Waals surface area (Å²) < 4.78 is 0. The highest BCUT2D eigenvalue weighted by atomic mass is 28.3. The Morgan fingerprint density at radius 2 is 2.00 bits per heavy atom. The minimum atomic E-state index is -0.906. The fourth-order valence-corrected chi connectivity index (χ4v) is 4.71. The summed E-state index contributed by atoms with van der Waals surface area (Å²) in [5.74, 6) is 1.88. The Kier molecular flexibility index (Phi) is 2.75. The van der Waals surface area contributed by atoms with Gasteiger partial charge in [-0.15, -0.1) is 0 Å². The second kappa shape index (κ2) is 3.61. The van der Waals surface area contributed by atoms with Crippen LogP contribution in [-0.2, 0) is 0 Å². The smallest absolute Gasteiger partial charge is 0.0599 e. The first-order valence-electron chi connectivity index (χ1n) is 5.92. The van der Waals surface area contributed by atoms with Crippen molar-refractivity contribution in [2.75, 3.05) is 25.8 Å². The van der Waals surface area contributed by atoms with E-state index >= 15 is 0 Å². The monoisotopic (exact) mass is 212 g/mol. The molecule has 2 heterocycles. The number of hydrogen-bond acceptors (Lipinski definition) is 2. The third-order valence-corrected chi connectivity index (χ3v) is 5.09. The van der Waals surface area contributed by atoms with Crippen molar-refractivity contribution in [2.24, 2.45) is 11.8 Å². The normalized spacial score (nSPS) is 39.0. The molecule has 14 heavy (non-hydrogen) atoms. The molecule has 3 atom stereocenters. The molecule has 3 unspecified atom stereocenters. The molecule has 0 saturated carbocycles. The van der Waals surface area contributed by atoms with Gasteiger partial charge in [0.1, 0.15) is 0 Å². The van der Waals surface area contributed by atoms with Crippen LogP contribution in [0.4, 0.5) is 0 Å². The number of fused-ring (bicyclic) bond motifs is 1. The Morgan fingerprint density at radius 3 is 2.57 bits per heavy atom. The first-order chi connectivity index (χ1) is 6.47. The number of rotatable bonds is 2. The van der Waals surface area contributed by atoms with Crippen molar-refractivity contribution in [2.45, 2.75) is 32.6 Å². The highest BCUT2D eigenvalue weighted by molar-refractivity contribution is 6.76. The lowest BCUT2D eigenvalue weighted by atomic mass is 9.95. The summed E-state index contributed by atoms with van der Waals surface area (Å²) >= 11 is 0. The van der Waals surface area contributed by atoms with E-state index in [1.807, 2.05) is 0 Å². The molecular weight excluding hydrogens is 188 g/mol. The first kappa shape index (κ1) is 10.6. The molecule has 2 fully saturated rings. The van der Waals surface area contributed by atoms with E-state index in [1.165, 1.54) is 25.8 Å². The molecule has 3 heteroatoms. The zero-order chi connectivity index (χ0) is 10.3. The maximum absolute atomic E-state index is 3.52. The molecule has 2 saturated heterocycles. The summed E-state index contributed by atoms with van der Waals surface area (Å²) in [5.41, 5.74) is 0. The Labute approximate surface area is 89.1 Å². The molecule has 0 amide bonds. The van der Waals surface area contributed by atoms with Crippen LogP contribution in [0.15, 0.2) is 0 Å². The summed E-state index contributed by atoms with van der Waals surface area (Å²) in [6, 6.07) is 0.821. The van der Waals surface area contributed by atoms with Gasteiger partial charge in [-0.3, -0.25) is 0 Å². The highest BCUT2D eigenvalue weighted by Gasteiger charge is 2.42. The van der Waals surface area contributed by atoms with Gasteiger partial charge in [-0.2, -0.15) is 0 Å². The van der Waals surface area contributed by atoms with E-state index in [4.69, 9.17) is 0 Å². The van der Waals surface area contributed by atoms with Gasteiger partial charge in [0.05, 0.1) is 8.07 Å². The van der Waals surface area contributed by atoms with Crippen molar-refractivity contribution in [3.63, 3.8) is 0 Å². The summed E-state index contributed by atoms with van der Waals surface area (Å²) in [7, 11) is -0.906. The Bertz CT molecular complexity index is 212. The van der Waals surface area contributed by atoms with Crippen LogP contribution in [-0.4, -0.2) is 44.8 Å². The minimum absolute atomic E-state index is 0.821. The van der Waals surface area contributed by atoms with Crippen LogP contribution in [0.25, 0.3) is 0 Å². The SMILES string of the molecule is CC1C2CNCC2CN1C[Si](C)(C)C. The van der Waals surface area contributed by atoms with Gasteiger partial charge in [0, 0.05) is 12.6 Å². The number of likely N-dealkylation sites (tertiary alicyclic amines) is 1. The van der Waals surface area contributed by atoms with E-state index in [-0.39, 0.29) is 0 Å². The average molecular weight is 212 g/mol. The van der Waals surface area contributed by atoms with Crippen LogP contribution in [0.5, 0.6) is 0 Å². The predicted octanol–water partition coefficient (Wildman–Crippen LogP) is 1.40. The molecule has 0 aromatic carbocycles. The van der Waals surface area contributed by atoms with Crippen molar-refractivity contribution in [3.8, 4) is 0 Å². The highest BCUT2D eigenvalue weighted by Crippen LogP contribution is 2.32. The summed E-state index contributed by atoms with van der Waals surface area (Å²) in [5, 5.41) is 3.52. The van der Waals surface area contributed by atoms with Gasteiger partial charge in [-0.25, -0.2) is 0 Å². The van der Waals surface area contributed by atoms with E-state index in [9.17, 15) is 0 Å². The number of nitrogens with zero attached hydrogens (tertiary/aromatic N) is 1. The third-order valence-electron chi connectivity index (χ3n) is 3.73. The zero-order valence-corrected chi connectivity index (χ0v) is 11.0. The lowest BCUT2D eigenvalue weighted by Gasteiger charge is -2.30. The van der Waals surface area contributed by atoms with Gasteiger partial charge < -0.3 is 10.2 Å². The fourth-order valence-electron chi connectivity index (χ4n) is 3.07. The average Bonchev–Trinajstić information content (AvgIpc) is 2.55. The van der Waals surface area contributed by atoms with Gasteiger partial charge in [0.25, 0.3) is 0 Å². The van der Waals surface area contributed by atoms with Crippen molar-refractivity contribution in [3.05, 3.63) is 0 Å². The molecule has 2 nitrogen and oxygen atoms in total. The molecule has 0 aromatic rings. The number of nitrogens with one attached hydrogen (secondary N) is 1. The zero-order valence-electron chi connectivity index (χ0n) is 10.0. The maximum atomic E-state index is 3.52. The molecule has 0 radical (unpaired) electrons. The molecule has 0 bridgehead atoms. The van der Waals surface area contributed by atoms with Gasteiger partial charge in [0.15, 0.2) is 0 Å². The van der Waals surface area contributed by atoms with E-state index in [0.29, 0.717) is 0 Å². The van der Waals surface area contributed by atoms with Crippen LogP contribution in [0.3, 0.4) is 0 Å². The molecule has 1 N–H and O–H groups in total. The van der Waals surface area contributed by atoms with Crippen LogP contribution in [0, 0.1) is 11.8 Å². The lowest BCUT2D eigenvalue weighted by Crippen LogP contribution is -2.43. The van der Waals surface area contributed by atoms with Crippen LogP contribution >= 0.6 is 0 Å². The molecule has 2 rings (SSSR count). The number of hydrogen-bond donors (Lipinski definition) is 1. The largest absolute Gasteiger partial charge is 0.316 e. The van der Waals surface area contributed by atoms with Gasteiger partial charge in [-0.05, 0) is 38.0 Å². The van der Waals surface area contributed by atoms with Gasteiger partial charge >= 0.3 is 0 Å². The van der Waals surface area contributed by atoms with Gasteiger partial charge in [0.2, 0.25) is 0 Å². The first-order valence-corrected chi connectivity index (χ1v) is 9.63. The maximum Gasteiger partial charge on any atom is 0.0599 e. The Balaban J connectivity index is 1.96. The molecule has 2 aliphatic rings. The van der Waals surface area contributed by atoms with Crippen molar-refractivity contribution >= 4 is 8.07 Å². The van der Waals surface area contributed by atoms with Crippen LogP contribution < -0.4 is 5.32 Å². The predicted molar refractivity (Wildman–Crippen MR) is 64.2 cm³/mol. The topological polar surface area (TPSA) is 15.3 Å². The van der Waals surface area contributed by atoms with Crippen LogP contribution in [0.1, 0.15) is 6.92 Å². The van der Waals surface area contributed by atoms with E-state index < -0.39 is 8.07 Å². The van der Waals surface area contributed by atoms with Gasteiger partial charge in [-0.1, -0.05) is 19.6 Å². The van der Waals surface area contributed by atoms with E-state index in [2.05, 4.69) is 36.8 Å². The van der Waals surface area contributed by atoms with Crippen molar-refractivity contribution in [1.29, 1.82) is 0 Å². The molecule has 0 spiro atoms. The quantitative estimate of drug-likeness (QED) is 0.696. The molecule has 82 valence electrons. The van der Waals surface area contributed by atoms with E-state index in [1.54, 1.807) is 0 Å². The standard InChI is InChI=1S/C11H24N2Si/c1-9-11-6-12-5-10(11)7-13(9)8-14(2,3)4/h9-12H,5-8H2,1-4H3. The Morgan fingerprint density at radius 1 is 1.29 bits per heavy atom.